The van der Waals surface area contributed by atoms with E-state index in [2.05, 4.69) is 22.9 Å². The quantitative estimate of drug-likeness (QED) is 0.475. The number of Topliss-reactive ketones (excluding diaryl/α,β-unsaturated/α-hetero) is 1. The van der Waals surface area contributed by atoms with Crippen molar-refractivity contribution in [3.8, 4) is 0 Å². The molecule has 0 heterocycles. The number of aliphatic hydroxyl groups excluding tert-OH is 1. The Hall–Kier alpha value is -1.31. The van der Waals surface area contributed by atoms with Gasteiger partial charge in [-0.2, -0.15) is 0 Å². The molecule has 164 valence electrons. The van der Waals surface area contributed by atoms with Gasteiger partial charge in [0.15, 0.2) is 12.4 Å². The molecular weight excluding hydrogens is 452 g/mol. The van der Waals surface area contributed by atoms with Crippen molar-refractivity contribution in [1.29, 1.82) is 0 Å². The molecule has 3 fully saturated rings. The Labute approximate surface area is 184 Å². The van der Waals surface area contributed by atoms with Crippen LogP contribution in [0.15, 0.2) is 23.8 Å². The summed E-state index contributed by atoms with van der Waals surface area (Å²) in [7, 11) is 0. The van der Waals surface area contributed by atoms with E-state index in [9.17, 15) is 24.6 Å². The summed E-state index contributed by atoms with van der Waals surface area (Å²) in [6.07, 6.45) is 7.02. The third-order valence-electron chi connectivity index (χ3n) is 8.66. The van der Waals surface area contributed by atoms with Crippen molar-refractivity contribution in [2.24, 2.45) is 22.7 Å². The lowest BCUT2D eigenvalue weighted by Gasteiger charge is -2.64. The molecule has 2 N–H and O–H groups in total. The largest absolute Gasteiger partial charge is 0.458 e. The highest BCUT2D eigenvalue weighted by atomic mass is 79.9. The second-order valence-electron chi connectivity index (χ2n) is 9.87. The Bertz CT molecular complexity index is 879. The maximum Gasteiger partial charge on any atom is 0.303 e. The fourth-order valence-corrected chi connectivity index (χ4v) is 8.06. The fourth-order valence-electron chi connectivity index (χ4n) is 6.96. The molecule has 7 atom stereocenters. The second-order valence-corrected chi connectivity index (χ2v) is 11.2. The number of carbonyl (C=O) groups excluding carboxylic acids is 3. The number of hydrogen-bond donors (Lipinski definition) is 2. The summed E-state index contributed by atoms with van der Waals surface area (Å²) >= 11 is 3.95. The third-order valence-corrected chi connectivity index (χ3v) is 10.6. The summed E-state index contributed by atoms with van der Waals surface area (Å²) < 4.78 is 4.20. The van der Waals surface area contributed by atoms with Crippen LogP contribution >= 0.6 is 15.9 Å². The van der Waals surface area contributed by atoms with Gasteiger partial charge in [0.25, 0.3) is 0 Å². The standard InChI is InChI=1S/C23H29BrO6/c1-13(25)30-12-19(28)22(29)9-7-16-17-5-4-14-10-15(26)6-8-20(14,2)23(17,24)18(27)11-21(16,22)3/h6,8,10,16-18,27,29H,4-5,7,9,11-12H2,1-3H3/t16-,17-,18?,20-,21-,22-,23?/m0/s1. The van der Waals surface area contributed by atoms with Gasteiger partial charge in [0, 0.05) is 17.8 Å². The number of ether oxygens (including phenoxy) is 1. The first kappa shape index (κ1) is 21.9. The van der Waals surface area contributed by atoms with E-state index in [1.807, 2.05) is 13.0 Å². The SMILES string of the molecule is CC(=O)OCC(=O)[C@@]1(O)CC[C@H]2[C@@H]3CCC4=CC(=O)C=C[C@]4(C)C3(Br)C(O)C[C@@]21C. The predicted octanol–water partition coefficient (Wildman–Crippen LogP) is 2.65. The number of allylic oxidation sites excluding steroid dienone is 4. The normalized spacial score (nSPS) is 47.1. The first-order valence-electron chi connectivity index (χ1n) is 10.6. The number of carbonyl (C=O) groups is 3. The molecule has 7 heteroatoms. The Morgan fingerprint density at radius 1 is 1.27 bits per heavy atom. The molecule has 0 radical (unpaired) electrons. The summed E-state index contributed by atoms with van der Waals surface area (Å²) in [5, 5.41) is 23.0. The first-order chi connectivity index (χ1) is 13.9. The van der Waals surface area contributed by atoms with Gasteiger partial charge in [-0.15, -0.1) is 0 Å². The van der Waals surface area contributed by atoms with Crippen molar-refractivity contribution in [1.82, 2.24) is 0 Å². The van der Waals surface area contributed by atoms with Crippen LogP contribution in [0.25, 0.3) is 0 Å². The molecule has 4 aliphatic carbocycles. The molecule has 0 bridgehead atoms. The molecule has 3 saturated carbocycles. The molecule has 0 aromatic heterocycles. The summed E-state index contributed by atoms with van der Waals surface area (Å²) in [5.41, 5.74) is -1.97. The van der Waals surface area contributed by atoms with E-state index in [0.29, 0.717) is 6.42 Å². The minimum absolute atomic E-state index is 0.0101. The zero-order chi connectivity index (χ0) is 22.1. The van der Waals surface area contributed by atoms with Gasteiger partial charge < -0.3 is 14.9 Å². The van der Waals surface area contributed by atoms with Crippen molar-refractivity contribution in [2.75, 3.05) is 6.61 Å². The number of halogens is 1. The maximum absolute atomic E-state index is 12.9. The molecule has 0 aromatic carbocycles. The van der Waals surface area contributed by atoms with Gasteiger partial charge in [-0.05, 0) is 56.1 Å². The van der Waals surface area contributed by atoms with Crippen LogP contribution in [0.5, 0.6) is 0 Å². The van der Waals surface area contributed by atoms with Gasteiger partial charge in [0.2, 0.25) is 5.78 Å². The van der Waals surface area contributed by atoms with E-state index < -0.39 is 45.2 Å². The highest BCUT2D eigenvalue weighted by molar-refractivity contribution is 9.10. The molecule has 0 spiro atoms. The molecule has 0 aliphatic heterocycles. The Balaban J connectivity index is 1.72. The Morgan fingerprint density at radius 2 is 1.97 bits per heavy atom. The van der Waals surface area contributed by atoms with E-state index in [1.54, 1.807) is 12.2 Å². The van der Waals surface area contributed by atoms with Gasteiger partial charge in [-0.3, -0.25) is 14.4 Å². The molecule has 30 heavy (non-hydrogen) atoms. The Kier molecular flexibility index (Phi) is 5.00. The topological polar surface area (TPSA) is 101 Å². The highest BCUT2D eigenvalue weighted by Gasteiger charge is 2.72. The number of esters is 1. The lowest BCUT2D eigenvalue weighted by atomic mass is 9.46. The smallest absolute Gasteiger partial charge is 0.303 e. The first-order valence-corrected chi connectivity index (χ1v) is 11.4. The van der Waals surface area contributed by atoms with Crippen molar-refractivity contribution in [2.45, 2.75) is 68.9 Å². The number of ketones is 2. The van der Waals surface area contributed by atoms with Crippen LogP contribution < -0.4 is 0 Å². The number of alkyl halides is 1. The van der Waals surface area contributed by atoms with Crippen molar-refractivity contribution in [3.05, 3.63) is 23.8 Å². The van der Waals surface area contributed by atoms with Crippen LogP contribution in [-0.4, -0.2) is 50.4 Å². The molecular formula is C23H29BrO6. The molecule has 0 saturated heterocycles. The minimum Gasteiger partial charge on any atom is -0.458 e. The average molecular weight is 481 g/mol. The fraction of sp³-hybridized carbons (Fsp3) is 0.696. The summed E-state index contributed by atoms with van der Waals surface area (Å²) in [6.45, 7) is 4.72. The van der Waals surface area contributed by atoms with Crippen molar-refractivity contribution < 1.29 is 29.3 Å². The zero-order valence-corrected chi connectivity index (χ0v) is 19.2. The van der Waals surface area contributed by atoms with E-state index in [1.165, 1.54) is 6.92 Å². The number of fused-ring (bicyclic) bond motifs is 5. The lowest BCUT2D eigenvalue weighted by Crippen LogP contribution is -2.68. The lowest BCUT2D eigenvalue weighted by molar-refractivity contribution is -0.175. The summed E-state index contributed by atoms with van der Waals surface area (Å²) in [4.78, 5) is 36.1. The highest BCUT2D eigenvalue weighted by Crippen LogP contribution is 2.71. The monoisotopic (exact) mass is 480 g/mol. The predicted molar refractivity (Wildman–Crippen MR) is 113 cm³/mol. The van der Waals surface area contributed by atoms with Crippen LogP contribution in [0.1, 0.15) is 52.9 Å². The van der Waals surface area contributed by atoms with Gasteiger partial charge in [0.05, 0.1) is 10.4 Å². The number of aliphatic hydroxyl groups is 2. The van der Waals surface area contributed by atoms with Gasteiger partial charge in [-0.1, -0.05) is 41.4 Å². The third kappa shape index (κ3) is 2.64. The number of rotatable bonds is 3. The molecule has 0 aromatic rings. The molecule has 4 aliphatic rings. The van der Waals surface area contributed by atoms with Crippen molar-refractivity contribution >= 4 is 33.5 Å². The van der Waals surface area contributed by atoms with E-state index >= 15 is 0 Å². The minimum atomic E-state index is -1.64. The van der Waals surface area contributed by atoms with E-state index in [4.69, 9.17) is 4.74 Å². The Morgan fingerprint density at radius 3 is 2.63 bits per heavy atom. The maximum atomic E-state index is 12.9. The summed E-state index contributed by atoms with van der Waals surface area (Å²) in [6, 6.07) is 0. The number of hydrogen-bond acceptors (Lipinski definition) is 6. The molecule has 2 unspecified atom stereocenters. The van der Waals surface area contributed by atoms with Crippen LogP contribution in [0.2, 0.25) is 0 Å². The summed E-state index contributed by atoms with van der Waals surface area (Å²) in [5.74, 6) is -1.06. The van der Waals surface area contributed by atoms with Crippen molar-refractivity contribution in [3.63, 3.8) is 0 Å². The van der Waals surface area contributed by atoms with Gasteiger partial charge in [0.1, 0.15) is 5.60 Å². The molecule has 6 nitrogen and oxygen atoms in total. The van der Waals surface area contributed by atoms with Gasteiger partial charge in [-0.25, -0.2) is 0 Å². The van der Waals surface area contributed by atoms with E-state index in [-0.39, 0.29) is 30.5 Å². The zero-order valence-electron chi connectivity index (χ0n) is 17.6. The molecule has 0 amide bonds. The second kappa shape index (κ2) is 6.84. The van der Waals surface area contributed by atoms with Crippen LogP contribution in [-0.2, 0) is 19.1 Å². The van der Waals surface area contributed by atoms with Crippen LogP contribution in [0.4, 0.5) is 0 Å². The van der Waals surface area contributed by atoms with E-state index in [0.717, 1.165) is 18.4 Å². The van der Waals surface area contributed by atoms with Crippen LogP contribution in [0, 0.1) is 22.7 Å². The molecule has 4 rings (SSSR count). The average Bonchev–Trinajstić information content (AvgIpc) is 2.94. The van der Waals surface area contributed by atoms with Crippen LogP contribution in [0.3, 0.4) is 0 Å². The van der Waals surface area contributed by atoms with Gasteiger partial charge >= 0.3 is 5.97 Å².